The molecule has 17 heteroatoms. The Kier molecular flexibility index (Phi) is 28.8. The van der Waals surface area contributed by atoms with Crippen LogP contribution in [0.1, 0.15) is 47.5 Å². The molecule has 0 aromatic rings. The highest BCUT2D eigenvalue weighted by molar-refractivity contribution is 5.91. The van der Waals surface area contributed by atoms with Crippen LogP contribution >= 0.6 is 0 Å². The van der Waals surface area contributed by atoms with E-state index in [0.29, 0.717) is 106 Å². The van der Waals surface area contributed by atoms with E-state index >= 15 is 0 Å². The summed E-state index contributed by atoms with van der Waals surface area (Å²) in [7, 11) is 1.63. The second-order valence-electron chi connectivity index (χ2n) is 11.8. The van der Waals surface area contributed by atoms with Crippen molar-refractivity contribution in [1.29, 1.82) is 0 Å². The van der Waals surface area contributed by atoms with Crippen LogP contribution in [0, 0.1) is 0 Å². The van der Waals surface area contributed by atoms with Gasteiger partial charge in [0.1, 0.15) is 17.7 Å². The summed E-state index contributed by atoms with van der Waals surface area (Å²) >= 11 is 0. The molecule has 3 amide bonds. The summed E-state index contributed by atoms with van der Waals surface area (Å²) in [5.74, 6) is -2.02. The van der Waals surface area contributed by atoms with Gasteiger partial charge in [0, 0.05) is 20.1 Å². The number of ether oxygens (including phenoxy) is 9. The predicted molar refractivity (Wildman–Crippen MR) is 179 cm³/mol. The molecule has 5 N–H and O–H groups in total. The van der Waals surface area contributed by atoms with E-state index < -0.39 is 41.5 Å². The number of amides is 3. The summed E-state index contributed by atoms with van der Waals surface area (Å²) in [4.78, 5) is 48.8. The fraction of sp³-hybridized carbons (Fsp3) is 0.875. The van der Waals surface area contributed by atoms with Crippen molar-refractivity contribution >= 4 is 23.7 Å². The minimum Gasteiger partial charge on any atom is -0.458 e. The molecule has 0 heterocycles. The topological polar surface area (TPSA) is 213 Å². The van der Waals surface area contributed by atoms with E-state index in [9.17, 15) is 19.2 Å². The van der Waals surface area contributed by atoms with Gasteiger partial charge in [0.05, 0.1) is 105 Å². The third-order valence-corrected chi connectivity index (χ3v) is 6.12. The molecule has 0 saturated carbocycles. The molecule has 0 aliphatic carbocycles. The Balaban J connectivity index is 3.61. The number of hydrogen-bond acceptors (Lipinski definition) is 14. The van der Waals surface area contributed by atoms with Crippen LogP contribution in [0.25, 0.3) is 0 Å². The summed E-state index contributed by atoms with van der Waals surface area (Å²) in [5.41, 5.74) is 5.19. The molecule has 3 atom stereocenters. The second kappa shape index (κ2) is 30.4. The van der Waals surface area contributed by atoms with E-state index in [4.69, 9.17) is 48.4 Å². The van der Waals surface area contributed by atoms with Gasteiger partial charge in [-0.2, -0.15) is 0 Å². The quantitative estimate of drug-likeness (QED) is 0.0504. The highest BCUT2D eigenvalue weighted by Gasteiger charge is 2.26. The van der Waals surface area contributed by atoms with Crippen molar-refractivity contribution in [2.75, 3.05) is 113 Å². The van der Waals surface area contributed by atoms with E-state index in [-0.39, 0.29) is 18.7 Å². The number of esters is 1. The summed E-state index contributed by atoms with van der Waals surface area (Å²) in [6.07, 6.45) is 0.107. The smallest absolute Gasteiger partial charge is 0.328 e. The summed E-state index contributed by atoms with van der Waals surface area (Å²) < 4.78 is 48.0. The molecule has 0 aromatic heterocycles. The molecule has 3 unspecified atom stereocenters. The van der Waals surface area contributed by atoms with E-state index in [0.717, 1.165) is 0 Å². The van der Waals surface area contributed by atoms with Gasteiger partial charge in [-0.15, -0.1) is 0 Å². The summed E-state index contributed by atoms with van der Waals surface area (Å²) in [6.45, 7) is 15.4. The fourth-order valence-electron chi connectivity index (χ4n) is 3.51. The molecule has 0 spiro atoms. The zero-order valence-electron chi connectivity index (χ0n) is 30.3. The van der Waals surface area contributed by atoms with Crippen molar-refractivity contribution < 1.29 is 61.8 Å². The van der Waals surface area contributed by atoms with Crippen molar-refractivity contribution in [3.05, 3.63) is 0 Å². The molecule has 0 aliphatic rings. The maximum Gasteiger partial charge on any atom is 0.328 e. The van der Waals surface area contributed by atoms with Gasteiger partial charge in [0.2, 0.25) is 17.7 Å². The van der Waals surface area contributed by atoms with Gasteiger partial charge in [-0.25, -0.2) is 4.79 Å². The molecule has 0 aliphatic heterocycles. The van der Waals surface area contributed by atoms with E-state index in [2.05, 4.69) is 16.0 Å². The minimum atomic E-state index is -0.992. The third kappa shape index (κ3) is 30.1. The van der Waals surface area contributed by atoms with E-state index in [1.807, 2.05) is 0 Å². The van der Waals surface area contributed by atoms with Gasteiger partial charge in [0.25, 0.3) is 0 Å². The fourth-order valence-corrected chi connectivity index (χ4v) is 3.51. The van der Waals surface area contributed by atoms with Crippen LogP contribution in [0.5, 0.6) is 0 Å². The number of carbonyl (C=O) groups excluding carboxylic acids is 4. The molecular weight excluding hydrogens is 648 g/mol. The molecule has 17 nitrogen and oxygen atoms in total. The highest BCUT2D eigenvalue weighted by Crippen LogP contribution is 2.08. The Labute approximate surface area is 291 Å². The lowest BCUT2D eigenvalue weighted by molar-refractivity contribution is -0.158. The first-order chi connectivity index (χ1) is 23.4. The van der Waals surface area contributed by atoms with E-state index in [1.165, 1.54) is 13.8 Å². The first-order valence-corrected chi connectivity index (χ1v) is 16.8. The monoisotopic (exact) mass is 710 g/mol. The average Bonchev–Trinajstić information content (AvgIpc) is 3.04. The van der Waals surface area contributed by atoms with E-state index in [1.54, 1.807) is 27.9 Å². The Bertz CT molecular complexity index is 876. The Morgan fingerprint density at radius 2 is 0.980 bits per heavy atom. The van der Waals surface area contributed by atoms with Gasteiger partial charge in [-0.3, -0.25) is 14.4 Å². The van der Waals surface area contributed by atoms with Crippen LogP contribution < -0.4 is 21.7 Å². The van der Waals surface area contributed by atoms with Gasteiger partial charge < -0.3 is 64.3 Å². The lowest BCUT2D eigenvalue weighted by Gasteiger charge is -2.24. The molecule has 0 aromatic carbocycles. The Morgan fingerprint density at radius 1 is 0.592 bits per heavy atom. The number of rotatable bonds is 32. The first kappa shape index (κ1) is 46.5. The summed E-state index contributed by atoms with van der Waals surface area (Å²) in [6, 6.07) is -2.83. The van der Waals surface area contributed by atoms with Crippen LogP contribution in [0.2, 0.25) is 0 Å². The zero-order chi connectivity index (χ0) is 36.8. The Hall–Kier alpha value is -2.48. The average molecular weight is 711 g/mol. The molecule has 0 saturated heterocycles. The summed E-state index contributed by atoms with van der Waals surface area (Å²) in [5, 5.41) is 7.68. The maximum absolute atomic E-state index is 12.4. The van der Waals surface area contributed by atoms with Crippen LogP contribution in [-0.2, 0) is 61.8 Å². The van der Waals surface area contributed by atoms with Gasteiger partial charge in [-0.05, 0) is 41.0 Å². The molecule has 0 bridgehead atoms. The third-order valence-electron chi connectivity index (χ3n) is 6.12. The zero-order valence-corrected chi connectivity index (χ0v) is 30.3. The molecule has 0 radical (unpaired) electrons. The van der Waals surface area contributed by atoms with Crippen LogP contribution in [0.4, 0.5) is 0 Å². The molecule has 0 fully saturated rings. The largest absolute Gasteiger partial charge is 0.458 e. The van der Waals surface area contributed by atoms with Crippen LogP contribution in [-0.4, -0.2) is 160 Å². The highest BCUT2D eigenvalue weighted by atomic mass is 16.6. The van der Waals surface area contributed by atoms with Crippen molar-refractivity contribution in [2.45, 2.75) is 71.2 Å². The van der Waals surface area contributed by atoms with Crippen LogP contribution in [0.15, 0.2) is 0 Å². The van der Waals surface area contributed by atoms with Gasteiger partial charge in [-0.1, -0.05) is 0 Å². The number of carbonyl (C=O) groups is 4. The first-order valence-electron chi connectivity index (χ1n) is 16.8. The lowest BCUT2D eigenvalue weighted by Crippen LogP contribution is -2.53. The minimum absolute atomic E-state index is 0.0231. The van der Waals surface area contributed by atoms with Gasteiger partial charge >= 0.3 is 5.97 Å². The Morgan fingerprint density at radius 3 is 1.39 bits per heavy atom. The van der Waals surface area contributed by atoms with Crippen molar-refractivity contribution in [3.8, 4) is 0 Å². The number of hydrogen-bond donors (Lipinski definition) is 4. The predicted octanol–water partition coefficient (Wildman–Crippen LogP) is -0.676. The molecule has 49 heavy (non-hydrogen) atoms. The molecular formula is C32H62N4O13. The normalized spacial score (nSPS) is 13.4. The van der Waals surface area contributed by atoms with Crippen LogP contribution in [0.3, 0.4) is 0 Å². The maximum atomic E-state index is 12.4. The number of nitrogens with two attached hydrogens (primary N) is 1. The lowest BCUT2D eigenvalue weighted by atomic mass is 10.1. The molecule has 288 valence electrons. The molecule has 0 rings (SSSR count). The van der Waals surface area contributed by atoms with Crippen molar-refractivity contribution in [3.63, 3.8) is 0 Å². The van der Waals surface area contributed by atoms with Crippen molar-refractivity contribution in [1.82, 2.24) is 16.0 Å². The second-order valence-corrected chi connectivity index (χ2v) is 11.8. The van der Waals surface area contributed by atoms with Gasteiger partial charge in [0.15, 0.2) is 0 Å². The number of nitrogens with one attached hydrogen (secondary N) is 3. The SMILES string of the molecule is COCCOCCOCCOCCOCCOCCOCCOCCNC(=O)CCC(N)C(=O)NC(C)C(=O)NC(C)C(=O)OC(C)(C)C. The van der Waals surface area contributed by atoms with Crippen molar-refractivity contribution in [2.24, 2.45) is 5.73 Å². The standard InChI is InChI=1S/C32H62N4O13/c1-25(29(38)36-26(2)31(40)49-32(3,4)5)35-30(39)27(33)7-8-28(37)34-9-10-42-13-14-44-17-18-46-21-22-48-24-23-47-20-19-45-16-15-43-12-11-41-6/h25-27H,7-24,33H2,1-6H3,(H,34,37)(H,35,39)(H,36,38). The number of methoxy groups -OCH3 is 1.